The third kappa shape index (κ3) is 2.92. The molecule has 0 radical (unpaired) electrons. The van der Waals surface area contributed by atoms with Crippen LogP contribution in [0.25, 0.3) is 0 Å². The molecule has 0 heterocycles. The van der Waals surface area contributed by atoms with Crippen LogP contribution >= 0.6 is 15.9 Å². The van der Waals surface area contributed by atoms with Crippen LogP contribution < -0.4 is 5.73 Å². The van der Waals surface area contributed by atoms with Gasteiger partial charge in [-0.1, -0.05) is 48.0 Å². The lowest BCUT2D eigenvalue weighted by atomic mass is 9.86. The van der Waals surface area contributed by atoms with Crippen molar-refractivity contribution in [2.75, 3.05) is 0 Å². The summed E-state index contributed by atoms with van der Waals surface area (Å²) in [6.45, 7) is 3.92. The van der Waals surface area contributed by atoms with Crippen LogP contribution in [0.1, 0.15) is 32.3 Å². The predicted molar refractivity (Wildman–Crippen MR) is 70.4 cm³/mol. The molecule has 0 saturated heterocycles. The van der Waals surface area contributed by atoms with Gasteiger partial charge in [0.15, 0.2) is 5.78 Å². The van der Waals surface area contributed by atoms with E-state index in [4.69, 9.17) is 5.73 Å². The molecule has 0 amide bonds. The smallest absolute Gasteiger partial charge is 0.157 e. The SMILES string of the molecule is CCC(N)(CC)C(=O)Cc1ccccc1Br. The monoisotopic (exact) mass is 283 g/mol. The van der Waals surface area contributed by atoms with Crippen LogP contribution in [-0.2, 0) is 11.2 Å². The molecule has 0 fully saturated rings. The van der Waals surface area contributed by atoms with E-state index in [0.717, 1.165) is 10.0 Å². The van der Waals surface area contributed by atoms with E-state index in [-0.39, 0.29) is 5.78 Å². The number of carbonyl (C=O) groups is 1. The van der Waals surface area contributed by atoms with Crippen LogP contribution in [0.2, 0.25) is 0 Å². The Kier molecular flexibility index (Phi) is 4.69. The lowest BCUT2D eigenvalue weighted by Crippen LogP contribution is -2.47. The molecule has 1 aromatic rings. The van der Waals surface area contributed by atoms with Gasteiger partial charge < -0.3 is 5.73 Å². The summed E-state index contributed by atoms with van der Waals surface area (Å²) in [6, 6.07) is 7.77. The Bertz CT molecular complexity index is 372. The molecule has 0 spiro atoms. The first kappa shape index (κ1) is 13.4. The highest BCUT2D eigenvalue weighted by molar-refractivity contribution is 9.10. The van der Waals surface area contributed by atoms with E-state index in [0.29, 0.717) is 19.3 Å². The fourth-order valence-corrected chi connectivity index (χ4v) is 2.06. The first-order valence-electron chi connectivity index (χ1n) is 5.59. The molecule has 0 atom stereocenters. The minimum Gasteiger partial charge on any atom is -0.319 e. The number of hydrogen-bond acceptors (Lipinski definition) is 2. The maximum absolute atomic E-state index is 12.1. The van der Waals surface area contributed by atoms with Gasteiger partial charge in [0.1, 0.15) is 0 Å². The molecule has 88 valence electrons. The van der Waals surface area contributed by atoms with Gasteiger partial charge in [0.25, 0.3) is 0 Å². The largest absolute Gasteiger partial charge is 0.319 e. The normalized spacial score (nSPS) is 11.5. The number of benzene rings is 1. The van der Waals surface area contributed by atoms with Crippen LogP contribution in [-0.4, -0.2) is 11.3 Å². The summed E-state index contributed by atoms with van der Waals surface area (Å²) in [5, 5.41) is 0. The Morgan fingerprint density at radius 2 is 1.88 bits per heavy atom. The Balaban J connectivity index is 2.83. The zero-order chi connectivity index (χ0) is 12.2. The van der Waals surface area contributed by atoms with E-state index in [2.05, 4.69) is 15.9 Å². The molecule has 1 aromatic carbocycles. The molecule has 0 aliphatic rings. The molecule has 0 unspecified atom stereocenters. The zero-order valence-electron chi connectivity index (χ0n) is 9.79. The fraction of sp³-hybridized carbons (Fsp3) is 0.462. The van der Waals surface area contributed by atoms with E-state index in [1.54, 1.807) is 0 Å². The van der Waals surface area contributed by atoms with Gasteiger partial charge in [0, 0.05) is 10.9 Å². The molecule has 0 aliphatic heterocycles. The lowest BCUT2D eigenvalue weighted by Gasteiger charge is -2.25. The van der Waals surface area contributed by atoms with Crippen LogP contribution in [0.15, 0.2) is 28.7 Å². The number of hydrogen-bond donors (Lipinski definition) is 1. The minimum absolute atomic E-state index is 0.115. The summed E-state index contributed by atoms with van der Waals surface area (Å²) in [4.78, 5) is 12.1. The molecular weight excluding hydrogens is 266 g/mol. The number of ketones is 1. The highest BCUT2D eigenvalue weighted by Crippen LogP contribution is 2.21. The van der Waals surface area contributed by atoms with E-state index in [9.17, 15) is 4.79 Å². The Morgan fingerprint density at radius 1 is 1.31 bits per heavy atom. The van der Waals surface area contributed by atoms with Gasteiger partial charge in [0.05, 0.1) is 5.54 Å². The van der Waals surface area contributed by atoms with Crippen molar-refractivity contribution in [3.63, 3.8) is 0 Å². The standard InChI is InChI=1S/C13H18BrNO/c1-3-13(15,4-2)12(16)9-10-7-5-6-8-11(10)14/h5-8H,3-4,9,15H2,1-2H3. The highest BCUT2D eigenvalue weighted by Gasteiger charge is 2.29. The third-order valence-corrected chi connectivity index (χ3v) is 3.90. The van der Waals surface area contributed by atoms with Gasteiger partial charge in [-0.25, -0.2) is 0 Å². The average molecular weight is 284 g/mol. The van der Waals surface area contributed by atoms with Crippen molar-refractivity contribution in [2.45, 2.75) is 38.6 Å². The van der Waals surface area contributed by atoms with Crippen LogP contribution in [0, 0.1) is 0 Å². The second kappa shape index (κ2) is 5.60. The van der Waals surface area contributed by atoms with Gasteiger partial charge in [-0.05, 0) is 24.5 Å². The molecule has 1 rings (SSSR count). The first-order chi connectivity index (χ1) is 7.53. The molecule has 0 bridgehead atoms. The maximum Gasteiger partial charge on any atom is 0.157 e. The van der Waals surface area contributed by atoms with E-state index < -0.39 is 5.54 Å². The van der Waals surface area contributed by atoms with Crippen LogP contribution in [0.5, 0.6) is 0 Å². The Hall–Kier alpha value is -0.670. The quantitative estimate of drug-likeness (QED) is 0.903. The van der Waals surface area contributed by atoms with Crippen molar-refractivity contribution in [2.24, 2.45) is 5.73 Å². The van der Waals surface area contributed by atoms with E-state index in [1.165, 1.54) is 0 Å². The van der Waals surface area contributed by atoms with Crippen molar-refractivity contribution in [1.29, 1.82) is 0 Å². The summed E-state index contributed by atoms with van der Waals surface area (Å²) >= 11 is 3.44. The van der Waals surface area contributed by atoms with Gasteiger partial charge in [-0.2, -0.15) is 0 Å². The zero-order valence-corrected chi connectivity index (χ0v) is 11.4. The molecule has 0 aliphatic carbocycles. The van der Waals surface area contributed by atoms with Crippen molar-refractivity contribution in [3.8, 4) is 0 Å². The number of halogens is 1. The van der Waals surface area contributed by atoms with E-state index >= 15 is 0 Å². The molecule has 2 nitrogen and oxygen atoms in total. The number of Topliss-reactive ketones (excluding diaryl/α,β-unsaturated/α-hetero) is 1. The second-order valence-corrected chi connectivity index (χ2v) is 4.91. The summed E-state index contributed by atoms with van der Waals surface area (Å²) in [7, 11) is 0. The Morgan fingerprint density at radius 3 is 2.38 bits per heavy atom. The topological polar surface area (TPSA) is 43.1 Å². The average Bonchev–Trinajstić information content (AvgIpc) is 2.31. The molecule has 0 aromatic heterocycles. The predicted octanol–water partition coefficient (Wildman–Crippen LogP) is 3.08. The third-order valence-electron chi connectivity index (χ3n) is 3.13. The fourth-order valence-electron chi connectivity index (χ4n) is 1.64. The summed E-state index contributed by atoms with van der Waals surface area (Å²) in [5.41, 5.74) is 6.41. The van der Waals surface area contributed by atoms with Crippen LogP contribution in [0.3, 0.4) is 0 Å². The first-order valence-corrected chi connectivity index (χ1v) is 6.38. The molecule has 2 N–H and O–H groups in total. The molecule has 0 saturated carbocycles. The summed E-state index contributed by atoms with van der Waals surface area (Å²) in [5.74, 6) is 0.115. The van der Waals surface area contributed by atoms with Crippen molar-refractivity contribution < 1.29 is 4.79 Å². The van der Waals surface area contributed by atoms with Crippen molar-refractivity contribution in [3.05, 3.63) is 34.3 Å². The second-order valence-electron chi connectivity index (χ2n) is 4.05. The lowest BCUT2D eigenvalue weighted by molar-refractivity contribution is -0.123. The number of rotatable bonds is 5. The van der Waals surface area contributed by atoms with Gasteiger partial charge in [-0.15, -0.1) is 0 Å². The maximum atomic E-state index is 12.1. The Labute approximate surface area is 105 Å². The number of carbonyl (C=O) groups excluding carboxylic acids is 1. The van der Waals surface area contributed by atoms with Crippen molar-refractivity contribution in [1.82, 2.24) is 0 Å². The summed E-state index contributed by atoms with van der Waals surface area (Å²) < 4.78 is 0.970. The van der Waals surface area contributed by atoms with Crippen molar-refractivity contribution >= 4 is 21.7 Å². The minimum atomic E-state index is -0.671. The van der Waals surface area contributed by atoms with Gasteiger partial charge in [0.2, 0.25) is 0 Å². The number of nitrogens with two attached hydrogens (primary N) is 1. The van der Waals surface area contributed by atoms with Gasteiger partial charge >= 0.3 is 0 Å². The molecular formula is C13H18BrNO. The van der Waals surface area contributed by atoms with Crippen LogP contribution in [0.4, 0.5) is 0 Å². The molecule has 3 heteroatoms. The van der Waals surface area contributed by atoms with E-state index in [1.807, 2.05) is 38.1 Å². The van der Waals surface area contributed by atoms with Gasteiger partial charge in [-0.3, -0.25) is 4.79 Å². The summed E-state index contributed by atoms with van der Waals surface area (Å²) in [6.07, 6.45) is 1.78. The molecule has 16 heavy (non-hydrogen) atoms. The highest BCUT2D eigenvalue weighted by atomic mass is 79.9.